The minimum atomic E-state index is 0.719. The number of nitrogens with zero attached hydrogens (tertiary/aromatic N) is 1. The third-order valence-electron chi connectivity index (χ3n) is 2.29. The lowest BCUT2D eigenvalue weighted by Crippen LogP contribution is -1.83. The van der Waals surface area contributed by atoms with Gasteiger partial charge in [-0.1, -0.05) is 42.2 Å². The van der Waals surface area contributed by atoms with Crippen LogP contribution in [0.3, 0.4) is 0 Å². The molecule has 0 aliphatic carbocycles. The summed E-state index contributed by atoms with van der Waals surface area (Å²) >= 11 is 0. The summed E-state index contributed by atoms with van der Waals surface area (Å²) in [5.41, 5.74) is 2.27. The van der Waals surface area contributed by atoms with Gasteiger partial charge >= 0.3 is 0 Å². The van der Waals surface area contributed by atoms with Gasteiger partial charge in [0.15, 0.2) is 0 Å². The Hall–Kier alpha value is -2.01. The zero-order chi connectivity index (χ0) is 11.2. The van der Waals surface area contributed by atoms with E-state index >= 15 is 0 Å². The Kier molecular flexibility index (Phi) is 3.40. The van der Waals surface area contributed by atoms with E-state index in [1.807, 2.05) is 31.3 Å². The number of hydrogen-bond acceptors (Lipinski definition) is 1. The molecule has 16 heavy (non-hydrogen) atoms. The van der Waals surface area contributed by atoms with Crippen molar-refractivity contribution < 1.29 is 0 Å². The van der Waals surface area contributed by atoms with Crippen LogP contribution in [-0.4, -0.2) is 9.97 Å². The molecule has 0 amide bonds. The second-order valence-corrected chi connectivity index (χ2v) is 3.67. The number of hydrogen-bond donors (Lipinski definition) is 1. The van der Waals surface area contributed by atoms with Gasteiger partial charge in [-0.25, -0.2) is 4.98 Å². The fourth-order valence-corrected chi connectivity index (χ4v) is 1.47. The number of aromatic amines is 1. The zero-order valence-corrected chi connectivity index (χ0v) is 9.33. The molecule has 0 bridgehead atoms. The summed E-state index contributed by atoms with van der Waals surface area (Å²) in [4.78, 5) is 7.35. The molecule has 0 fully saturated rings. The van der Waals surface area contributed by atoms with Gasteiger partial charge in [-0.2, -0.15) is 0 Å². The van der Waals surface area contributed by atoms with Crippen molar-refractivity contribution in [2.45, 2.75) is 19.8 Å². The van der Waals surface area contributed by atoms with Crippen LogP contribution in [0.5, 0.6) is 0 Å². The molecule has 0 saturated heterocycles. The number of nitrogens with one attached hydrogen (secondary N) is 1. The highest BCUT2D eigenvalue weighted by atomic mass is 14.9. The lowest BCUT2D eigenvalue weighted by molar-refractivity contribution is 1.10. The molecule has 0 unspecified atom stereocenters. The number of aromatic nitrogens is 2. The molecule has 0 saturated carbocycles. The van der Waals surface area contributed by atoms with Crippen molar-refractivity contribution in [3.63, 3.8) is 0 Å². The highest BCUT2D eigenvalue weighted by Crippen LogP contribution is 1.99. The molecule has 1 aromatic heterocycles. The highest BCUT2D eigenvalue weighted by molar-refractivity contribution is 5.22. The molecule has 0 aliphatic rings. The van der Waals surface area contributed by atoms with Crippen LogP contribution < -0.4 is 0 Å². The largest absolute Gasteiger partial charge is 0.349 e. The first kappa shape index (κ1) is 10.5. The smallest absolute Gasteiger partial charge is 0.103 e. The van der Waals surface area contributed by atoms with E-state index in [-0.39, 0.29) is 0 Å². The molecule has 2 rings (SSSR count). The van der Waals surface area contributed by atoms with Gasteiger partial charge in [0, 0.05) is 12.6 Å². The molecule has 0 aliphatic heterocycles. The molecule has 2 nitrogen and oxygen atoms in total. The SMILES string of the molecule is Cc1nc(CC#CCc2ccccc2)c[nH]1. The van der Waals surface area contributed by atoms with Crippen LogP contribution in [0.2, 0.25) is 0 Å². The Labute approximate surface area is 95.7 Å². The summed E-state index contributed by atoms with van der Waals surface area (Å²) in [5, 5.41) is 0. The van der Waals surface area contributed by atoms with Gasteiger partial charge in [-0.05, 0) is 12.5 Å². The Bertz CT molecular complexity index is 500. The average molecular weight is 210 g/mol. The van der Waals surface area contributed by atoms with Gasteiger partial charge in [-0.15, -0.1) is 0 Å². The van der Waals surface area contributed by atoms with E-state index < -0.39 is 0 Å². The minimum absolute atomic E-state index is 0.719. The average Bonchev–Trinajstić information content (AvgIpc) is 2.72. The monoisotopic (exact) mass is 210 g/mol. The first-order chi connectivity index (χ1) is 7.84. The third-order valence-corrected chi connectivity index (χ3v) is 2.29. The maximum Gasteiger partial charge on any atom is 0.103 e. The van der Waals surface area contributed by atoms with Gasteiger partial charge in [0.2, 0.25) is 0 Å². The van der Waals surface area contributed by atoms with Crippen molar-refractivity contribution in [2.24, 2.45) is 0 Å². The van der Waals surface area contributed by atoms with Gasteiger partial charge in [-0.3, -0.25) is 0 Å². The summed E-state index contributed by atoms with van der Waals surface area (Å²) in [5.74, 6) is 7.23. The number of imidazole rings is 1. The number of H-pyrrole nitrogens is 1. The van der Waals surface area contributed by atoms with Crippen LogP contribution in [0, 0.1) is 18.8 Å². The molecule has 80 valence electrons. The van der Waals surface area contributed by atoms with Crippen molar-refractivity contribution in [1.82, 2.24) is 9.97 Å². The fraction of sp³-hybridized carbons (Fsp3) is 0.214. The van der Waals surface area contributed by atoms with Crippen LogP contribution in [0.25, 0.3) is 0 Å². The zero-order valence-electron chi connectivity index (χ0n) is 9.33. The predicted molar refractivity (Wildman–Crippen MR) is 65.0 cm³/mol. The van der Waals surface area contributed by atoms with Crippen LogP contribution in [0.15, 0.2) is 36.5 Å². The third kappa shape index (κ3) is 2.99. The lowest BCUT2D eigenvalue weighted by atomic mass is 10.1. The molecule has 0 atom stereocenters. The van der Waals surface area contributed by atoms with E-state index in [1.54, 1.807) is 0 Å². The second kappa shape index (κ2) is 5.18. The molecule has 2 heteroatoms. The maximum absolute atomic E-state index is 4.30. The second-order valence-electron chi connectivity index (χ2n) is 3.67. The van der Waals surface area contributed by atoms with Gasteiger partial charge in [0.05, 0.1) is 12.1 Å². The maximum atomic E-state index is 4.30. The van der Waals surface area contributed by atoms with Crippen LogP contribution in [0.4, 0.5) is 0 Å². The first-order valence-electron chi connectivity index (χ1n) is 5.35. The van der Waals surface area contributed by atoms with Crippen molar-refractivity contribution in [2.75, 3.05) is 0 Å². The molecular weight excluding hydrogens is 196 g/mol. The van der Waals surface area contributed by atoms with Crippen molar-refractivity contribution in [3.05, 3.63) is 53.6 Å². The Balaban J connectivity index is 1.87. The Morgan fingerprint density at radius 2 is 1.88 bits per heavy atom. The highest BCUT2D eigenvalue weighted by Gasteiger charge is 1.93. The van der Waals surface area contributed by atoms with Gasteiger partial charge in [0.1, 0.15) is 5.82 Å². The summed E-state index contributed by atoms with van der Waals surface area (Å²) in [6, 6.07) is 10.3. The van der Waals surface area contributed by atoms with E-state index in [1.165, 1.54) is 5.56 Å². The molecule has 1 heterocycles. The van der Waals surface area contributed by atoms with Gasteiger partial charge in [0.25, 0.3) is 0 Å². The molecule has 1 aromatic carbocycles. The minimum Gasteiger partial charge on any atom is -0.349 e. The van der Waals surface area contributed by atoms with E-state index in [2.05, 4.69) is 33.9 Å². The van der Waals surface area contributed by atoms with Crippen LogP contribution in [0.1, 0.15) is 17.1 Å². The van der Waals surface area contributed by atoms with Crippen LogP contribution in [-0.2, 0) is 12.8 Å². The Morgan fingerprint density at radius 3 is 2.56 bits per heavy atom. The summed E-state index contributed by atoms with van der Waals surface area (Å²) in [6.07, 6.45) is 3.44. The standard InChI is InChI=1S/C14H14N2/c1-12-15-11-14(16-12)10-6-5-9-13-7-3-2-4-8-13/h2-4,7-8,11H,9-10H2,1H3,(H,15,16). The number of benzene rings is 1. The van der Waals surface area contributed by atoms with Crippen LogP contribution >= 0.6 is 0 Å². The van der Waals surface area contributed by atoms with Crippen molar-refractivity contribution >= 4 is 0 Å². The molecule has 0 radical (unpaired) electrons. The number of aryl methyl sites for hydroxylation is 1. The molecule has 1 N–H and O–H groups in total. The lowest BCUT2D eigenvalue weighted by Gasteiger charge is -1.91. The van der Waals surface area contributed by atoms with E-state index in [9.17, 15) is 0 Å². The summed E-state index contributed by atoms with van der Waals surface area (Å²) in [6.45, 7) is 1.95. The Morgan fingerprint density at radius 1 is 1.12 bits per heavy atom. The van der Waals surface area contributed by atoms with E-state index in [4.69, 9.17) is 0 Å². The first-order valence-corrected chi connectivity index (χ1v) is 5.35. The summed E-state index contributed by atoms with van der Waals surface area (Å²) in [7, 11) is 0. The fourth-order valence-electron chi connectivity index (χ4n) is 1.47. The molecular formula is C14H14N2. The van der Waals surface area contributed by atoms with E-state index in [0.717, 1.165) is 24.4 Å². The normalized spacial score (nSPS) is 9.56. The quantitative estimate of drug-likeness (QED) is 0.758. The number of rotatable bonds is 2. The van der Waals surface area contributed by atoms with Gasteiger partial charge < -0.3 is 4.98 Å². The summed E-state index contributed by atoms with van der Waals surface area (Å²) < 4.78 is 0. The predicted octanol–water partition coefficient (Wildman–Crippen LogP) is 2.51. The molecule has 2 aromatic rings. The van der Waals surface area contributed by atoms with E-state index in [0.29, 0.717) is 0 Å². The topological polar surface area (TPSA) is 28.7 Å². The molecule has 0 spiro atoms. The van der Waals surface area contributed by atoms with Crippen molar-refractivity contribution in [1.29, 1.82) is 0 Å². The van der Waals surface area contributed by atoms with Crippen molar-refractivity contribution in [3.8, 4) is 11.8 Å².